The fourth-order valence-corrected chi connectivity index (χ4v) is 0.910. The van der Waals surface area contributed by atoms with E-state index < -0.39 is 0 Å². The van der Waals surface area contributed by atoms with E-state index >= 15 is 0 Å². The van der Waals surface area contributed by atoms with Crippen LogP contribution in [-0.4, -0.2) is 5.87 Å². The topological polar surface area (TPSA) is 12.4 Å². The van der Waals surface area contributed by atoms with E-state index in [1.54, 1.807) is 6.20 Å². The molecule has 2 rings (SSSR count). The van der Waals surface area contributed by atoms with Crippen LogP contribution in [0, 0.1) is 0 Å². The first-order valence-corrected chi connectivity index (χ1v) is 3.10. The van der Waals surface area contributed by atoms with E-state index in [1.165, 1.54) is 0 Å². The number of benzene rings is 1. The molecule has 1 aromatic carbocycles. The maximum absolute atomic E-state index is 3.83. The molecule has 0 amide bonds. The van der Waals surface area contributed by atoms with Gasteiger partial charge in [0, 0.05) is 5.22 Å². The van der Waals surface area contributed by atoms with Crippen LogP contribution in [0.15, 0.2) is 35.5 Å². The second kappa shape index (κ2) is 2.00. The summed E-state index contributed by atoms with van der Waals surface area (Å²) in [7, 11) is 0. The number of fused-ring (bicyclic) bond motifs is 1. The van der Waals surface area contributed by atoms with Gasteiger partial charge in [-0.3, -0.25) is 0 Å². The highest BCUT2D eigenvalue weighted by molar-refractivity contribution is 5.56. The van der Waals surface area contributed by atoms with Crippen molar-refractivity contribution >= 4 is 11.6 Å². The summed E-state index contributed by atoms with van der Waals surface area (Å²) in [5.41, 5.74) is 3.01. The van der Waals surface area contributed by atoms with E-state index in [0.717, 1.165) is 10.4 Å². The van der Waals surface area contributed by atoms with Gasteiger partial charge in [0.1, 0.15) is 0 Å². The van der Waals surface area contributed by atoms with Crippen molar-refractivity contribution in [1.82, 2.24) is 0 Å². The van der Waals surface area contributed by atoms with Crippen LogP contribution in [0.2, 0.25) is 0 Å². The Labute approximate surface area is 58.3 Å². The molecule has 0 saturated carbocycles. The molecule has 0 unspecified atom stereocenters. The molecule has 0 saturated heterocycles. The van der Waals surface area contributed by atoms with Gasteiger partial charge in [-0.15, -0.1) is 0 Å². The van der Waals surface area contributed by atoms with E-state index in [0.29, 0.717) is 0 Å². The quantitative estimate of drug-likeness (QED) is 0.463. The third kappa shape index (κ3) is 0.708. The van der Waals surface area contributed by atoms with Gasteiger partial charge in [0.2, 0.25) is 0 Å². The zero-order valence-corrected chi connectivity index (χ0v) is 5.33. The Morgan fingerprint density at radius 3 is 2.70 bits per heavy atom. The number of hydrogen-bond acceptors (Lipinski definition) is 1. The molecule has 0 N–H and O–H groups in total. The Morgan fingerprint density at radius 2 is 1.90 bits per heavy atom. The first-order chi connectivity index (χ1) is 4.97. The molecule has 0 aromatic heterocycles. The molecule has 0 fully saturated rings. The van der Waals surface area contributed by atoms with Crippen molar-refractivity contribution in [1.29, 1.82) is 0 Å². The molecular formula is C9H5N. The highest BCUT2D eigenvalue weighted by Gasteiger charge is 1.81. The number of nitrogens with zero attached hydrogens (tertiary/aromatic N) is 1. The largest absolute Gasteiger partial charge is 0.205 e. The summed E-state index contributed by atoms with van der Waals surface area (Å²) in [5, 5.41) is 2.09. The van der Waals surface area contributed by atoms with E-state index in [2.05, 4.69) is 16.6 Å². The minimum absolute atomic E-state index is 1.02. The van der Waals surface area contributed by atoms with Gasteiger partial charge >= 0.3 is 0 Å². The fourth-order valence-electron chi connectivity index (χ4n) is 0.910. The summed E-state index contributed by atoms with van der Waals surface area (Å²) in [5.74, 6) is 2.87. The lowest BCUT2D eigenvalue weighted by Gasteiger charge is -1.83. The molecule has 0 radical (unpaired) electrons. The van der Waals surface area contributed by atoms with Gasteiger partial charge in [0.25, 0.3) is 0 Å². The Bertz CT molecular complexity index is 387. The van der Waals surface area contributed by atoms with Crippen LogP contribution in [0.1, 0.15) is 0 Å². The van der Waals surface area contributed by atoms with Crippen LogP contribution in [0.3, 0.4) is 0 Å². The molecule has 0 bridgehead atoms. The van der Waals surface area contributed by atoms with Crippen molar-refractivity contribution in [3.8, 4) is 0 Å². The van der Waals surface area contributed by atoms with Crippen molar-refractivity contribution in [2.45, 2.75) is 0 Å². The lowest BCUT2D eigenvalue weighted by Crippen LogP contribution is -2.24. The van der Waals surface area contributed by atoms with Crippen LogP contribution in [-0.2, 0) is 0 Å². The van der Waals surface area contributed by atoms with Crippen LogP contribution in [0.25, 0.3) is 5.73 Å². The molecule has 46 valence electrons. The second-order valence-corrected chi connectivity index (χ2v) is 2.06. The predicted octanol–water partition coefficient (Wildman–Crippen LogP) is -0.0654. The molecule has 1 heterocycles. The predicted molar refractivity (Wildman–Crippen MR) is 40.2 cm³/mol. The Balaban J connectivity index is 3.15. The first kappa shape index (κ1) is 5.25. The fraction of sp³-hybridized carbons (Fsp3) is 0. The molecular weight excluding hydrogens is 122 g/mol. The molecule has 0 atom stereocenters. The molecule has 1 nitrogen and oxygen atoms in total. The van der Waals surface area contributed by atoms with Gasteiger partial charge in [-0.1, -0.05) is 17.9 Å². The first-order valence-electron chi connectivity index (χ1n) is 3.10. The van der Waals surface area contributed by atoms with Gasteiger partial charge in [0.15, 0.2) is 0 Å². The normalized spacial score (nSPS) is 11.6. The monoisotopic (exact) mass is 127 g/mol. The van der Waals surface area contributed by atoms with Crippen molar-refractivity contribution in [2.75, 3.05) is 0 Å². The zero-order chi connectivity index (χ0) is 6.81. The molecule has 10 heavy (non-hydrogen) atoms. The standard InChI is InChI=1S/C9H5N/c1-2-4-9-7-10-6-5-8(9)3-1/h1-4,6H. The van der Waals surface area contributed by atoms with Gasteiger partial charge in [-0.05, 0) is 18.0 Å². The van der Waals surface area contributed by atoms with Crippen molar-refractivity contribution in [2.24, 2.45) is 4.99 Å². The van der Waals surface area contributed by atoms with Gasteiger partial charge < -0.3 is 0 Å². The highest BCUT2D eigenvalue weighted by Crippen LogP contribution is 1.72. The zero-order valence-electron chi connectivity index (χ0n) is 5.33. The van der Waals surface area contributed by atoms with Crippen LogP contribution in [0.5, 0.6) is 0 Å². The van der Waals surface area contributed by atoms with E-state index in [9.17, 15) is 0 Å². The summed E-state index contributed by atoms with van der Waals surface area (Å²) >= 11 is 0. The average molecular weight is 127 g/mol. The van der Waals surface area contributed by atoms with Crippen molar-refractivity contribution in [3.63, 3.8) is 0 Å². The third-order valence-electron chi connectivity index (χ3n) is 1.40. The second-order valence-electron chi connectivity index (χ2n) is 2.06. The SMILES string of the molecule is C1=CN=C=c2ccccc2=1. The number of hydrogen-bond donors (Lipinski definition) is 0. The van der Waals surface area contributed by atoms with Gasteiger partial charge in [-0.2, -0.15) is 0 Å². The van der Waals surface area contributed by atoms with Crippen molar-refractivity contribution in [3.05, 3.63) is 40.9 Å². The van der Waals surface area contributed by atoms with Gasteiger partial charge in [0.05, 0.1) is 11.4 Å². The van der Waals surface area contributed by atoms with E-state index in [4.69, 9.17) is 0 Å². The summed E-state index contributed by atoms with van der Waals surface area (Å²) in [4.78, 5) is 3.83. The van der Waals surface area contributed by atoms with E-state index in [1.807, 2.05) is 24.3 Å². The van der Waals surface area contributed by atoms with Crippen LogP contribution >= 0.6 is 0 Å². The summed E-state index contributed by atoms with van der Waals surface area (Å²) in [6.07, 6.45) is 1.63. The molecule has 0 spiro atoms. The number of rotatable bonds is 0. The Kier molecular flexibility index (Phi) is 1.05. The minimum Gasteiger partial charge on any atom is -0.205 e. The Morgan fingerprint density at radius 1 is 1.10 bits per heavy atom. The van der Waals surface area contributed by atoms with E-state index in [-0.39, 0.29) is 0 Å². The lowest BCUT2D eigenvalue weighted by molar-refractivity contribution is 1.49. The molecule has 1 aliphatic heterocycles. The summed E-state index contributed by atoms with van der Waals surface area (Å²) in [6, 6.07) is 7.91. The minimum atomic E-state index is 1.02. The smallest absolute Gasteiger partial charge is 0.0793 e. The highest BCUT2D eigenvalue weighted by atomic mass is 14.6. The van der Waals surface area contributed by atoms with Crippen LogP contribution < -0.4 is 10.4 Å². The summed E-state index contributed by atoms with van der Waals surface area (Å²) in [6.45, 7) is 0. The summed E-state index contributed by atoms with van der Waals surface area (Å²) < 4.78 is 0. The number of aliphatic imine (C=N–C) groups is 1. The maximum atomic E-state index is 3.83. The molecule has 0 aliphatic carbocycles. The Hall–Kier alpha value is -1.55. The maximum Gasteiger partial charge on any atom is 0.0793 e. The lowest BCUT2D eigenvalue weighted by atomic mass is 10.2. The third-order valence-corrected chi connectivity index (χ3v) is 1.40. The molecule has 1 heteroatoms. The molecule has 1 aliphatic rings. The van der Waals surface area contributed by atoms with Crippen molar-refractivity contribution < 1.29 is 0 Å². The average Bonchev–Trinajstić information content (AvgIpc) is 2.05. The van der Waals surface area contributed by atoms with Crippen LogP contribution in [0.4, 0.5) is 0 Å². The molecule has 1 aromatic rings. The van der Waals surface area contributed by atoms with Gasteiger partial charge in [-0.25, -0.2) is 4.99 Å².